The molecule has 0 bridgehead atoms. The van der Waals surface area contributed by atoms with Gasteiger partial charge in [-0.1, -0.05) is 12.1 Å². The number of thiazole rings is 1. The average molecular weight is 397 g/mol. The molecule has 0 aromatic carbocycles. The van der Waals surface area contributed by atoms with Crippen LogP contribution in [0.3, 0.4) is 0 Å². The molecule has 3 heterocycles. The van der Waals surface area contributed by atoms with E-state index >= 15 is 0 Å². The van der Waals surface area contributed by atoms with E-state index in [2.05, 4.69) is 15.5 Å². The monoisotopic (exact) mass is 397 g/mol. The maximum atomic E-state index is 12.6. The Morgan fingerprint density at radius 1 is 1.58 bits per heavy atom. The highest BCUT2D eigenvalue weighted by molar-refractivity contribution is 8.02. The van der Waals surface area contributed by atoms with Crippen LogP contribution in [0.5, 0.6) is 0 Å². The van der Waals surface area contributed by atoms with Gasteiger partial charge in [-0.05, 0) is 17.4 Å². The molecule has 26 heavy (non-hydrogen) atoms. The molecular formula is C15H19N5O4S2. The van der Waals surface area contributed by atoms with Gasteiger partial charge in [0.15, 0.2) is 10.8 Å². The van der Waals surface area contributed by atoms with Crippen molar-refractivity contribution in [2.24, 2.45) is 5.16 Å². The first-order valence-corrected chi connectivity index (χ1v) is 9.74. The van der Waals surface area contributed by atoms with Crippen molar-refractivity contribution in [1.29, 1.82) is 0 Å². The van der Waals surface area contributed by atoms with Crippen LogP contribution in [0.2, 0.25) is 0 Å². The minimum absolute atomic E-state index is 0.0410. The first-order valence-electron chi connectivity index (χ1n) is 7.92. The van der Waals surface area contributed by atoms with Crippen LogP contribution in [-0.2, 0) is 14.4 Å². The van der Waals surface area contributed by atoms with Crippen LogP contribution in [0.25, 0.3) is 0 Å². The number of aromatic nitrogens is 1. The molecule has 0 radical (unpaired) electrons. The van der Waals surface area contributed by atoms with E-state index in [0.717, 1.165) is 5.57 Å². The number of anilines is 1. The molecule has 4 N–H and O–H groups in total. The Hall–Kier alpha value is -2.11. The van der Waals surface area contributed by atoms with Crippen molar-refractivity contribution >= 4 is 45.8 Å². The second-order valence-corrected chi connectivity index (χ2v) is 7.66. The van der Waals surface area contributed by atoms with Crippen molar-refractivity contribution in [3.8, 4) is 0 Å². The number of rotatable bonds is 6. The van der Waals surface area contributed by atoms with Gasteiger partial charge in [0.1, 0.15) is 18.8 Å². The molecule has 2 aliphatic rings. The van der Waals surface area contributed by atoms with Gasteiger partial charge in [0.05, 0.1) is 11.4 Å². The van der Waals surface area contributed by atoms with Crippen LogP contribution in [0.15, 0.2) is 21.5 Å². The van der Waals surface area contributed by atoms with Crippen LogP contribution in [0, 0.1) is 0 Å². The second-order valence-electron chi connectivity index (χ2n) is 5.78. The van der Waals surface area contributed by atoms with E-state index in [-0.39, 0.29) is 17.1 Å². The van der Waals surface area contributed by atoms with E-state index in [0.29, 0.717) is 23.8 Å². The van der Waals surface area contributed by atoms with Crippen molar-refractivity contribution in [2.45, 2.75) is 30.8 Å². The Morgan fingerprint density at radius 2 is 2.35 bits per heavy atom. The lowest BCUT2D eigenvalue weighted by Gasteiger charge is -2.52. The summed E-state index contributed by atoms with van der Waals surface area (Å²) in [5.74, 6) is -1.30. The molecule has 9 nitrogen and oxygen atoms in total. The molecule has 140 valence electrons. The highest BCUT2D eigenvalue weighted by atomic mass is 32.2. The lowest BCUT2D eigenvalue weighted by molar-refractivity contribution is -0.144. The van der Waals surface area contributed by atoms with Crippen LogP contribution >= 0.6 is 23.1 Å². The normalized spacial score (nSPS) is 25.7. The van der Waals surface area contributed by atoms with E-state index in [1.807, 2.05) is 17.2 Å². The Labute approximate surface area is 158 Å². The highest BCUT2D eigenvalue weighted by Gasteiger charge is 2.49. The Kier molecular flexibility index (Phi) is 5.49. The van der Waals surface area contributed by atoms with Gasteiger partial charge in [-0.25, -0.2) is 4.98 Å². The number of carboxylic acid groups (broad SMARTS) is 1. The van der Waals surface area contributed by atoms with Crippen molar-refractivity contribution in [3.63, 3.8) is 0 Å². The number of carboxylic acids is 1. The van der Waals surface area contributed by atoms with Crippen LogP contribution in [0.4, 0.5) is 5.13 Å². The summed E-state index contributed by atoms with van der Waals surface area (Å²) in [5.41, 5.74) is 6.88. The molecule has 2 aliphatic heterocycles. The fourth-order valence-corrected chi connectivity index (χ4v) is 4.86. The largest absolute Gasteiger partial charge is 0.480 e. The summed E-state index contributed by atoms with van der Waals surface area (Å²) in [5, 5.41) is 19.9. The number of nitrogens with zero attached hydrogens (tertiary/aromatic N) is 3. The number of oxime groups is 1. The minimum Gasteiger partial charge on any atom is -0.480 e. The number of nitrogens with two attached hydrogens (primary N) is 1. The van der Waals surface area contributed by atoms with Crippen molar-refractivity contribution in [3.05, 3.63) is 22.1 Å². The summed E-state index contributed by atoms with van der Waals surface area (Å²) in [6, 6.07) is -0.827. The number of aliphatic carboxylic acids is 1. The molecule has 1 unspecified atom stereocenters. The third-order valence-electron chi connectivity index (χ3n) is 4.24. The number of hydrogen-bond acceptors (Lipinski definition) is 9. The van der Waals surface area contributed by atoms with E-state index in [1.165, 1.54) is 30.2 Å². The summed E-state index contributed by atoms with van der Waals surface area (Å²) in [7, 11) is 1.35. The molecule has 0 saturated carbocycles. The van der Waals surface area contributed by atoms with Gasteiger partial charge in [0.2, 0.25) is 0 Å². The van der Waals surface area contributed by atoms with E-state index in [4.69, 9.17) is 10.6 Å². The van der Waals surface area contributed by atoms with E-state index in [1.54, 1.807) is 5.38 Å². The third-order valence-corrected chi connectivity index (χ3v) is 6.23. The third kappa shape index (κ3) is 3.41. The van der Waals surface area contributed by atoms with Gasteiger partial charge < -0.3 is 21.0 Å². The van der Waals surface area contributed by atoms with Gasteiger partial charge in [-0.3, -0.25) is 14.5 Å². The van der Waals surface area contributed by atoms with Crippen LogP contribution in [0.1, 0.15) is 19.0 Å². The topological polar surface area (TPSA) is 130 Å². The average Bonchev–Trinajstić information content (AvgIpc) is 3.02. The van der Waals surface area contributed by atoms with Crippen molar-refractivity contribution in [1.82, 2.24) is 15.2 Å². The summed E-state index contributed by atoms with van der Waals surface area (Å²) >= 11 is 2.73. The molecule has 0 aliphatic carbocycles. The summed E-state index contributed by atoms with van der Waals surface area (Å²) in [4.78, 5) is 34.9. The van der Waals surface area contributed by atoms with Gasteiger partial charge in [0, 0.05) is 11.9 Å². The SMILES string of the molecule is CCC1=CS[C@@H]2[C@H](NC(=O)C(=NOC)c3csc(N)n3)CN2C1C(=O)O. The first-order chi connectivity index (χ1) is 12.5. The molecule has 3 atom stereocenters. The standard InChI is InChI=1S/C15H19N5O4S2/c1-3-7-5-25-13-8(4-20(13)11(7)14(22)23)17-12(21)10(19-24-2)9-6-26-15(16)18-9/h5-6,8,11,13H,3-4H2,1-2H3,(H2,16,18)(H,17,21)(H,22,23)/t8-,11?,13-/m1/s1. The fraction of sp³-hybridized carbons (Fsp3) is 0.467. The zero-order chi connectivity index (χ0) is 18.8. The van der Waals surface area contributed by atoms with Crippen molar-refractivity contribution in [2.75, 3.05) is 19.4 Å². The molecule has 1 saturated heterocycles. The number of carbonyl (C=O) groups excluding carboxylic acids is 1. The quantitative estimate of drug-likeness (QED) is 0.472. The summed E-state index contributed by atoms with van der Waals surface area (Å²) in [6.07, 6.45) is 0.681. The molecule has 1 aromatic heterocycles. The number of hydrogen-bond donors (Lipinski definition) is 3. The maximum Gasteiger partial charge on any atom is 0.325 e. The number of amides is 1. The van der Waals surface area contributed by atoms with E-state index < -0.39 is 17.9 Å². The predicted octanol–water partition coefficient (Wildman–Crippen LogP) is 0.696. The highest BCUT2D eigenvalue weighted by Crippen LogP contribution is 2.39. The van der Waals surface area contributed by atoms with Gasteiger partial charge in [-0.15, -0.1) is 23.1 Å². The van der Waals surface area contributed by atoms with Gasteiger partial charge in [0.25, 0.3) is 5.91 Å². The summed E-state index contributed by atoms with van der Waals surface area (Å²) < 4.78 is 0. The zero-order valence-corrected chi connectivity index (χ0v) is 15.8. The van der Waals surface area contributed by atoms with E-state index in [9.17, 15) is 14.7 Å². The number of carbonyl (C=O) groups is 2. The molecule has 11 heteroatoms. The number of nitrogens with one attached hydrogen (secondary N) is 1. The molecular weight excluding hydrogens is 378 g/mol. The molecule has 1 aromatic rings. The van der Waals surface area contributed by atoms with Crippen LogP contribution < -0.4 is 11.1 Å². The predicted molar refractivity (Wildman–Crippen MR) is 99.9 cm³/mol. The number of nitrogen functional groups attached to an aromatic ring is 1. The number of fused-ring (bicyclic) bond motifs is 1. The smallest absolute Gasteiger partial charge is 0.325 e. The lowest BCUT2D eigenvalue weighted by atomic mass is 9.97. The summed E-state index contributed by atoms with van der Waals surface area (Å²) in [6.45, 7) is 2.39. The number of thioether (sulfide) groups is 1. The molecule has 3 rings (SSSR count). The van der Waals surface area contributed by atoms with Gasteiger partial charge >= 0.3 is 5.97 Å². The Balaban J connectivity index is 1.71. The van der Waals surface area contributed by atoms with Gasteiger partial charge in [-0.2, -0.15) is 0 Å². The zero-order valence-electron chi connectivity index (χ0n) is 14.2. The second kappa shape index (κ2) is 7.64. The van der Waals surface area contributed by atoms with Crippen molar-refractivity contribution < 1.29 is 19.5 Å². The molecule has 0 spiro atoms. The molecule has 1 fully saturated rings. The lowest BCUT2D eigenvalue weighted by Crippen LogP contribution is -2.70. The minimum atomic E-state index is -0.868. The Morgan fingerprint density at radius 3 is 2.92 bits per heavy atom. The van der Waals surface area contributed by atoms with Crippen LogP contribution in [-0.4, -0.2) is 63.7 Å². The Bertz CT molecular complexity index is 778. The maximum absolute atomic E-state index is 12.6. The molecule has 1 amide bonds. The first kappa shape index (κ1) is 18.7. The fourth-order valence-electron chi connectivity index (χ4n) is 3.00.